The Morgan fingerprint density at radius 1 is 1.31 bits per heavy atom. The fourth-order valence-corrected chi connectivity index (χ4v) is 2.60. The molecule has 7 nitrogen and oxygen atoms in total. The second kappa shape index (κ2) is 7.83. The monoisotopic (exact) mass is 414 g/mol. The molecule has 0 saturated heterocycles. The van der Waals surface area contributed by atoms with Gasteiger partial charge in [0.15, 0.2) is 0 Å². The predicted molar refractivity (Wildman–Crippen MR) is 101 cm³/mol. The van der Waals surface area contributed by atoms with Gasteiger partial charge in [-0.3, -0.25) is 9.89 Å². The van der Waals surface area contributed by atoms with Gasteiger partial charge in [-0.1, -0.05) is 28.1 Å². The van der Waals surface area contributed by atoms with Crippen molar-refractivity contribution in [3.8, 4) is 22.8 Å². The zero-order valence-electron chi connectivity index (χ0n) is 13.7. The number of nitrogens with one attached hydrogen (secondary N) is 2. The lowest BCUT2D eigenvalue weighted by Gasteiger charge is -2.01. The number of phenols is 1. The van der Waals surface area contributed by atoms with Crippen molar-refractivity contribution in [2.75, 3.05) is 7.11 Å². The number of benzene rings is 2. The van der Waals surface area contributed by atoms with Crippen molar-refractivity contribution < 1.29 is 14.6 Å². The topological polar surface area (TPSA) is 99.6 Å². The molecule has 8 heteroatoms. The van der Waals surface area contributed by atoms with Gasteiger partial charge in [0.05, 0.1) is 19.0 Å². The lowest BCUT2D eigenvalue weighted by atomic mass is 10.1. The number of ether oxygens (including phenoxy) is 1. The smallest absolute Gasteiger partial charge is 0.289 e. The molecule has 1 aromatic heterocycles. The molecule has 1 heterocycles. The average molecular weight is 415 g/mol. The van der Waals surface area contributed by atoms with E-state index in [0.717, 1.165) is 10.0 Å². The standard InChI is InChI=1S/C18H15BrN4O3/c1-26-14-4-2-3-11(8-14)15-9-16(22-21-15)18(25)23-20-10-12-7-13(19)5-6-17(12)24/h2-10,24H,1H3,(H,21,22)(H,23,25)/b20-10+. The highest BCUT2D eigenvalue weighted by atomic mass is 79.9. The van der Waals surface area contributed by atoms with Gasteiger partial charge in [0.2, 0.25) is 0 Å². The molecule has 0 aliphatic heterocycles. The number of amides is 1. The molecule has 0 unspecified atom stereocenters. The minimum Gasteiger partial charge on any atom is -0.507 e. The molecule has 132 valence electrons. The number of nitrogens with zero attached hydrogens (tertiary/aromatic N) is 2. The number of aromatic hydroxyl groups is 1. The molecule has 3 aromatic rings. The number of halogens is 1. The number of hydrogen-bond acceptors (Lipinski definition) is 5. The van der Waals surface area contributed by atoms with E-state index in [1.165, 1.54) is 12.3 Å². The van der Waals surface area contributed by atoms with E-state index in [0.29, 0.717) is 17.0 Å². The quantitative estimate of drug-likeness (QED) is 0.440. The van der Waals surface area contributed by atoms with E-state index in [1.807, 2.05) is 24.3 Å². The van der Waals surface area contributed by atoms with Gasteiger partial charge in [0.25, 0.3) is 5.91 Å². The fourth-order valence-electron chi connectivity index (χ4n) is 2.22. The Morgan fingerprint density at radius 3 is 2.96 bits per heavy atom. The van der Waals surface area contributed by atoms with Crippen molar-refractivity contribution in [3.05, 3.63) is 64.3 Å². The number of hydrogen-bond donors (Lipinski definition) is 3. The summed E-state index contributed by atoms with van der Waals surface area (Å²) < 4.78 is 5.97. The molecule has 3 N–H and O–H groups in total. The van der Waals surface area contributed by atoms with Gasteiger partial charge in [0, 0.05) is 15.6 Å². The number of carbonyl (C=O) groups is 1. The summed E-state index contributed by atoms with van der Waals surface area (Å²) in [5.74, 6) is 0.320. The minimum atomic E-state index is -0.447. The van der Waals surface area contributed by atoms with Gasteiger partial charge < -0.3 is 9.84 Å². The largest absolute Gasteiger partial charge is 0.507 e. The minimum absolute atomic E-state index is 0.0630. The Kier molecular flexibility index (Phi) is 5.33. The van der Waals surface area contributed by atoms with Crippen LogP contribution in [0.1, 0.15) is 16.1 Å². The van der Waals surface area contributed by atoms with Crippen molar-refractivity contribution in [2.45, 2.75) is 0 Å². The molecule has 26 heavy (non-hydrogen) atoms. The third-order valence-electron chi connectivity index (χ3n) is 3.55. The summed E-state index contributed by atoms with van der Waals surface area (Å²) in [5.41, 5.74) is 4.56. The van der Waals surface area contributed by atoms with Crippen LogP contribution in [0.25, 0.3) is 11.3 Å². The zero-order valence-corrected chi connectivity index (χ0v) is 15.3. The van der Waals surface area contributed by atoms with Crippen LogP contribution in [0.3, 0.4) is 0 Å². The Morgan fingerprint density at radius 2 is 2.15 bits per heavy atom. The molecule has 0 aliphatic rings. The number of methoxy groups -OCH3 is 1. The first-order valence-electron chi connectivity index (χ1n) is 7.58. The van der Waals surface area contributed by atoms with Crippen LogP contribution in [0.4, 0.5) is 0 Å². The number of H-pyrrole nitrogens is 1. The summed E-state index contributed by atoms with van der Waals surface area (Å²) in [6, 6.07) is 13.9. The van der Waals surface area contributed by atoms with E-state index in [4.69, 9.17) is 4.74 Å². The predicted octanol–water partition coefficient (Wildman–Crippen LogP) is 3.32. The van der Waals surface area contributed by atoms with Crippen LogP contribution in [-0.2, 0) is 0 Å². The normalized spacial score (nSPS) is 10.8. The first-order valence-corrected chi connectivity index (χ1v) is 8.38. The Hall–Kier alpha value is -3.13. The van der Waals surface area contributed by atoms with Gasteiger partial charge in [-0.25, -0.2) is 5.43 Å². The Labute approximate surface area is 157 Å². The molecule has 0 spiro atoms. The first-order chi connectivity index (χ1) is 12.6. The highest BCUT2D eigenvalue weighted by Crippen LogP contribution is 2.22. The maximum absolute atomic E-state index is 12.2. The van der Waals surface area contributed by atoms with Gasteiger partial charge >= 0.3 is 0 Å². The lowest BCUT2D eigenvalue weighted by Crippen LogP contribution is -2.18. The summed E-state index contributed by atoms with van der Waals surface area (Å²) in [6.45, 7) is 0. The Bertz CT molecular complexity index is 969. The van der Waals surface area contributed by atoms with E-state index >= 15 is 0 Å². The molecule has 3 rings (SSSR count). The summed E-state index contributed by atoms with van der Waals surface area (Å²) in [5, 5.41) is 20.4. The maximum atomic E-state index is 12.2. The summed E-state index contributed by atoms with van der Waals surface area (Å²) >= 11 is 3.31. The molecule has 0 aliphatic carbocycles. The third-order valence-corrected chi connectivity index (χ3v) is 4.04. The van der Waals surface area contributed by atoms with Crippen molar-refractivity contribution in [1.29, 1.82) is 0 Å². The molecule has 0 radical (unpaired) electrons. The molecule has 1 amide bonds. The summed E-state index contributed by atoms with van der Waals surface area (Å²) in [4.78, 5) is 12.2. The summed E-state index contributed by atoms with van der Waals surface area (Å²) in [6.07, 6.45) is 1.36. The van der Waals surface area contributed by atoms with Gasteiger partial charge in [-0.15, -0.1) is 0 Å². The van der Waals surface area contributed by atoms with Crippen LogP contribution in [0.2, 0.25) is 0 Å². The molecular formula is C18H15BrN4O3. The van der Waals surface area contributed by atoms with E-state index < -0.39 is 5.91 Å². The average Bonchev–Trinajstić information content (AvgIpc) is 3.15. The molecule has 2 aromatic carbocycles. The van der Waals surface area contributed by atoms with Crippen molar-refractivity contribution >= 4 is 28.1 Å². The van der Waals surface area contributed by atoms with Crippen LogP contribution in [0.15, 0.2) is 58.1 Å². The second-order valence-electron chi connectivity index (χ2n) is 5.30. The number of hydrazone groups is 1. The van der Waals surface area contributed by atoms with E-state index in [-0.39, 0.29) is 11.4 Å². The van der Waals surface area contributed by atoms with Crippen LogP contribution in [0, 0.1) is 0 Å². The Balaban J connectivity index is 1.70. The van der Waals surface area contributed by atoms with Gasteiger partial charge in [-0.05, 0) is 36.4 Å². The molecular weight excluding hydrogens is 400 g/mol. The van der Waals surface area contributed by atoms with E-state index in [9.17, 15) is 9.90 Å². The van der Waals surface area contributed by atoms with Crippen LogP contribution in [-0.4, -0.2) is 34.5 Å². The van der Waals surface area contributed by atoms with Crippen molar-refractivity contribution in [2.24, 2.45) is 5.10 Å². The van der Waals surface area contributed by atoms with Crippen molar-refractivity contribution in [1.82, 2.24) is 15.6 Å². The number of aromatic amines is 1. The maximum Gasteiger partial charge on any atom is 0.289 e. The number of rotatable bonds is 5. The van der Waals surface area contributed by atoms with E-state index in [1.54, 1.807) is 25.3 Å². The van der Waals surface area contributed by atoms with Gasteiger partial charge in [-0.2, -0.15) is 10.2 Å². The third kappa shape index (κ3) is 4.09. The highest BCUT2D eigenvalue weighted by molar-refractivity contribution is 9.10. The molecule has 0 saturated carbocycles. The zero-order chi connectivity index (χ0) is 18.5. The first kappa shape index (κ1) is 17.7. The van der Waals surface area contributed by atoms with Crippen molar-refractivity contribution in [3.63, 3.8) is 0 Å². The number of carbonyl (C=O) groups excluding carboxylic acids is 1. The molecule has 0 atom stereocenters. The number of aromatic nitrogens is 2. The van der Waals surface area contributed by atoms with Crippen LogP contribution in [0.5, 0.6) is 11.5 Å². The highest BCUT2D eigenvalue weighted by Gasteiger charge is 2.11. The summed E-state index contributed by atoms with van der Waals surface area (Å²) in [7, 11) is 1.59. The lowest BCUT2D eigenvalue weighted by molar-refractivity contribution is 0.0950. The van der Waals surface area contributed by atoms with E-state index in [2.05, 4.69) is 36.7 Å². The SMILES string of the molecule is COc1cccc(-c2cc(C(=O)N/N=C/c3cc(Br)ccc3O)[nH]n2)c1. The molecule has 0 fully saturated rings. The van der Waals surface area contributed by atoms with Crippen LogP contribution < -0.4 is 10.2 Å². The fraction of sp³-hybridized carbons (Fsp3) is 0.0556. The second-order valence-corrected chi connectivity index (χ2v) is 6.22. The number of phenolic OH excluding ortho intramolecular Hbond substituents is 1. The van der Waals surface area contributed by atoms with Gasteiger partial charge in [0.1, 0.15) is 17.2 Å². The van der Waals surface area contributed by atoms with Crippen LogP contribution >= 0.6 is 15.9 Å². The molecule has 0 bridgehead atoms.